The van der Waals surface area contributed by atoms with E-state index in [1.165, 1.54) is 4.31 Å². The van der Waals surface area contributed by atoms with E-state index in [9.17, 15) is 8.42 Å². The smallest absolute Gasteiger partial charge is 0.243 e. The maximum Gasteiger partial charge on any atom is 0.243 e. The van der Waals surface area contributed by atoms with Crippen LogP contribution in [0.15, 0.2) is 23.1 Å². The number of ether oxygens (including phenoxy) is 1. The third kappa shape index (κ3) is 3.53. The highest BCUT2D eigenvalue weighted by Crippen LogP contribution is 2.28. The van der Waals surface area contributed by atoms with Gasteiger partial charge in [-0.25, -0.2) is 8.42 Å². The lowest BCUT2D eigenvalue weighted by Gasteiger charge is -2.23. The van der Waals surface area contributed by atoms with Crippen molar-refractivity contribution in [3.63, 3.8) is 0 Å². The Balaban J connectivity index is 2.32. The van der Waals surface area contributed by atoms with Crippen molar-refractivity contribution in [1.29, 1.82) is 0 Å². The number of nitrogens with zero attached hydrogens (tertiary/aromatic N) is 1. The predicted molar refractivity (Wildman–Crippen MR) is 86.4 cm³/mol. The molecule has 1 aromatic rings. The number of benzene rings is 1. The lowest BCUT2D eigenvalue weighted by Crippen LogP contribution is -2.37. The standard InChI is InChI=1S/C14H22N2O3S2/c1-15-9-11-8-13(4-5-14(11)19-3)21(17,18)16(2)12-6-7-20-10-12/h4-5,8,12,15H,6-7,9-10H2,1-3H3. The van der Waals surface area contributed by atoms with Gasteiger partial charge in [-0.15, -0.1) is 0 Å². The van der Waals surface area contributed by atoms with Gasteiger partial charge in [0.2, 0.25) is 10.0 Å². The summed E-state index contributed by atoms with van der Waals surface area (Å²) in [6.07, 6.45) is 0.917. The van der Waals surface area contributed by atoms with Crippen molar-refractivity contribution in [2.75, 3.05) is 32.7 Å². The zero-order chi connectivity index (χ0) is 15.5. The van der Waals surface area contributed by atoms with Crippen LogP contribution in [0.2, 0.25) is 0 Å². The van der Waals surface area contributed by atoms with Crippen LogP contribution in [0.5, 0.6) is 5.75 Å². The van der Waals surface area contributed by atoms with Crippen molar-refractivity contribution >= 4 is 21.8 Å². The highest BCUT2D eigenvalue weighted by molar-refractivity contribution is 7.99. The minimum absolute atomic E-state index is 0.0925. The van der Waals surface area contributed by atoms with Crippen molar-refractivity contribution in [2.45, 2.75) is 23.9 Å². The lowest BCUT2D eigenvalue weighted by molar-refractivity contribution is 0.393. The zero-order valence-electron chi connectivity index (χ0n) is 12.6. The molecule has 0 bridgehead atoms. The van der Waals surface area contributed by atoms with Crippen molar-refractivity contribution in [1.82, 2.24) is 9.62 Å². The van der Waals surface area contributed by atoms with E-state index in [0.29, 0.717) is 17.2 Å². The molecule has 1 unspecified atom stereocenters. The molecule has 1 aliphatic rings. The summed E-state index contributed by atoms with van der Waals surface area (Å²) in [5.41, 5.74) is 0.843. The number of sulfonamides is 1. The molecule has 1 heterocycles. The van der Waals surface area contributed by atoms with E-state index >= 15 is 0 Å². The van der Waals surface area contributed by atoms with Gasteiger partial charge in [0.15, 0.2) is 0 Å². The second-order valence-corrected chi connectivity index (χ2v) is 8.19. The van der Waals surface area contributed by atoms with Gasteiger partial charge in [-0.3, -0.25) is 0 Å². The van der Waals surface area contributed by atoms with Crippen molar-refractivity contribution in [3.05, 3.63) is 23.8 Å². The molecule has 5 nitrogen and oxygen atoms in total. The third-order valence-electron chi connectivity index (χ3n) is 3.72. The van der Waals surface area contributed by atoms with Gasteiger partial charge in [-0.05, 0) is 37.4 Å². The Morgan fingerprint density at radius 2 is 2.24 bits per heavy atom. The summed E-state index contributed by atoms with van der Waals surface area (Å²) in [6.45, 7) is 0.565. The lowest BCUT2D eigenvalue weighted by atomic mass is 10.2. The van der Waals surface area contributed by atoms with Gasteiger partial charge in [0.25, 0.3) is 0 Å². The molecule has 0 aromatic heterocycles. The van der Waals surface area contributed by atoms with Crippen LogP contribution in [0.3, 0.4) is 0 Å². The van der Waals surface area contributed by atoms with E-state index < -0.39 is 10.0 Å². The minimum Gasteiger partial charge on any atom is -0.496 e. The molecule has 0 spiro atoms. The van der Waals surface area contributed by atoms with E-state index in [4.69, 9.17) is 4.74 Å². The molecule has 1 aliphatic heterocycles. The largest absolute Gasteiger partial charge is 0.496 e. The SMILES string of the molecule is CNCc1cc(S(=O)(=O)N(C)C2CCSC2)ccc1OC. The van der Waals surface area contributed by atoms with Crippen LogP contribution >= 0.6 is 11.8 Å². The van der Waals surface area contributed by atoms with Crippen molar-refractivity contribution < 1.29 is 13.2 Å². The topological polar surface area (TPSA) is 58.6 Å². The maximum atomic E-state index is 12.7. The summed E-state index contributed by atoms with van der Waals surface area (Å²) in [7, 11) is 1.63. The zero-order valence-corrected chi connectivity index (χ0v) is 14.3. The molecule has 21 heavy (non-hydrogen) atoms. The Labute approximate surface area is 131 Å². The van der Waals surface area contributed by atoms with Crippen LogP contribution in [-0.2, 0) is 16.6 Å². The number of methoxy groups -OCH3 is 1. The molecule has 7 heteroatoms. The first-order valence-corrected chi connectivity index (χ1v) is 9.47. The second kappa shape index (κ2) is 7.00. The molecule has 1 atom stereocenters. The highest BCUT2D eigenvalue weighted by atomic mass is 32.2. The fourth-order valence-electron chi connectivity index (χ4n) is 2.42. The molecule has 1 saturated heterocycles. The van der Waals surface area contributed by atoms with Crippen LogP contribution < -0.4 is 10.1 Å². The first-order valence-electron chi connectivity index (χ1n) is 6.88. The molecule has 2 rings (SSSR count). The van der Waals surface area contributed by atoms with E-state index in [0.717, 1.165) is 23.5 Å². The number of hydrogen-bond acceptors (Lipinski definition) is 5. The van der Waals surface area contributed by atoms with Gasteiger partial charge in [0, 0.05) is 31.0 Å². The number of thioether (sulfide) groups is 1. The van der Waals surface area contributed by atoms with Crippen LogP contribution in [0.1, 0.15) is 12.0 Å². The molecule has 0 aliphatic carbocycles. The summed E-state index contributed by atoms with van der Waals surface area (Å²) in [5.74, 6) is 2.59. The summed E-state index contributed by atoms with van der Waals surface area (Å²) >= 11 is 1.80. The second-order valence-electron chi connectivity index (χ2n) is 5.04. The summed E-state index contributed by atoms with van der Waals surface area (Å²) < 4.78 is 32.2. The van der Waals surface area contributed by atoms with Crippen LogP contribution in [0.4, 0.5) is 0 Å². The average Bonchev–Trinajstić information content (AvgIpc) is 3.00. The Kier molecular flexibility index (Phi) is 5.54. The fraction of sp³-hybridized carbons (Fsp3) is 0.571. The highest BCUT2D eigenvalue weighted by Gasteiger charge is 2.30. The Hall–Kier alpha value is -0.760. The number of rotatable bonds is 6. The van der Waals surface area contributed by atoms with Crippen LogP contribution in [0, 0.1) is 0 Å². The van der Waals surface area contributed by atoms with Gasteiger partial charge in [-0.2, -0.15) is 16.1 Å². The maximum absolute atomic E-state index is 12.7. The normalized spacial score (nSPS) is 19.1. The molecule has 118 valence electrons. The first-order chi connectivity index (χ1) is 10.0. The van der Waals surface area contributed by atoms with Crippen LogP contribution in [0.25, 0.3) is 0 Å². The quantitative estimate of drug-likeness (QED) is 0.857. The molecular weight excluding hydrogens is 308 g/mol. The van der Waals surface area contributed by atoms with Gasteiger partial charge in [0.1, 0.15) is 5.75 Å². The van der Waals surface area contributed by atoms with Crippen molar-refractivity contribution in [2.24, 2.45) is 0 Å². The molecular formula is C14H22N2O3S2. The van der Waals surface area contributed by atoms with E-state index in [1.54, 1.807) is 44.1 Å². The summed E-state index contributed by atoms with van der Waals surface area (Å²) in [4.78, 5) is 0.327. The van der Waals surface area contributed by atoms with Gasteiger partial charge >= 0.3 is 0 Å². The average molecular weight is 330 g/mol. The first kappa shape index (κ1) is 16.6. The van der Waals surface area contributed by atoms with Gasteiger partial charge < -0.3 is 10.1 Å². The van der Waals surface area contributed by atoms with E-state index in [-0.39, 0.29) is 6.04 Å². The molecule has 1 fully saturated rings. The Morgan fingerprint density at radius 3 is 2.81 bits per heavy atom. The van der Waals surface area contributed by atoms with Crippen molar-refractivity contribution in [3.8, 4) is 5.75 Å². The van der Waals surface area contributed by atoms with E-state index in [1.807, 2.05) is 7.05 Å². The molecule has 0 amide bonds. The molecule has 1 N–H and O–H groups in total. The Bertz CT molecular complexity index is 584. The minimum atomic E-state index is -3.45. The number of hydrogen-bond donors (Lipinski definition) is 1. The molecule has 0 radical (unpaired) electrons. The fourth-order valence-corrected chi connectivity index (χ4v) is 5.21. The summed E-state index contributed by atoms with van der Waals surface area (Å²) in [6, 6.07) is 5.13. The van der Waals surface area contributed by atoms with Crippen LogP contribution in [-0.4, -0.2) is 51.5 Å². The summed E-state index contributed by atoms with van der Waals surface area (Å²) in [5, 5.41) is 3.03. The predicted octanol–water partition coefficient (Wildman–Crippen LogP) is 1.54. The monoisotopic (exact) mass is 330 g/mol. The molecule has 1 aromatic carbocycles. The molecule has 0 saturated carbocycles. The number of nitrogens with one attached hydrogen (secondary N) is 1. The third-order valence-corrected chi connectivity index (χ3v) is 6.77. The van der Waals surface area contributed by atoms with Gasteiger partial charge in [0.05, 0.1) is 12.0 Å². The van der Waals surface area contributed by atoms with Gasteiger partial charge in [-0.1, -0.05) is 0 Å². The van der Waals surface area contributed by atoms with E-state index in [2.05, 4.69) is 5.32 Å². The Morgan fingerprint density at radius 1 is 1.48 bits per heavy atom.